The third-order valence-electron chi connectivity index (χ3n) is 4.95. The molecule has 2 heterocycles. The van der Waals surface area contributed by atoms with Crippen LogP contribution < -0.4 is 4.74 Å². The first-order valence-electron chi connectivity index (χ1n) is 8.51. The maximum Gasteiger partial charge on any atom is 0.272 e. The van der Waals surface area contributed by atoms with Gasteiger partial charge in [-0.25, -0.2) is 4.98 Å². The molecule has 1 aliphatic heterocycles. The molecule has 1 amide bonds. The Bertz CT molecular complexity index is 823. The minimum atomic E-state index is -1.19. The predicted molar refractivity (Wildman–Crippen MR) is 95.6 cm³/mol. The molecule has 2 unspecified atom stereocenters. The first-order chi connectivity index (χ1) is 12.5. The molecule has 1 N–H and O–H groups in total. The van der Waals surface area contributed by atoms with Crippen LogP contribution in [0.5, 0.6) is 5.75 Å². The maximum absolute atomic E-state index is 12.9. The van der Waals surface area contributed by atoms with E-state index in [2.05, 4.69) is 4.98 Å². The van der Waals surface area contributed by atoms with E-state index in [9.17, 15) is 9.90 Å². The standard InChI is InChI=1S/C20H21N3O3/c1-20(25,15-6-8-16(26-2)9-7-15)18-4-3-11-23(18)19(24)17-10-5-14(12-21)13-22-17/h5-10,13,18,25H,3-4,11H2,1-2H3. The fourth-order valence-corrected chi connectivity index (χ4v) is 3.45. The van der Waals surface area contributed by atoms with Crippen molar-refractivity contribution in [3.63, 3.8) is 0 Å². The summed E-state index contributed by atoms with van der Waals surface area (Å²) in [4.78, 5) is 18.7. The highest BCUT2D eigenvalue weighted by Crippen LogP contribution is 2.36. The van der Waals surface area contributed by atoms with Crippen LogP contribution >= 0.6 is 0 Å². The number of nitriles is 1. The summed E-state index contributed by atoms with van der Waals surface area (Å²) in [5.41, 5.74) is 0.229. The number of ether oxygens (including phenoxy) is 1. The largest absolute Gasteiger partial charge is 0.497 e. The van der Waals surface area contributed by atoms with E-state index in [1.54, 1.807) is 43.2 Å². The number of aromatic nitrogens is 1. The van der Waals surface area contributed by atoms with Gasteiger partial charge in [0.15, 0.2) is 0 Å². The molecule has 0 spiro atoms. The Hall–Kier alpha value is -2.91. The Morgan fingerprint density at radius 1 is 1.35 bits per heavy atom. The van der Waals surface area contributed by atoms with Gasteiger partial charge < -0.3 is 14.7 Å². The number of rotatable bonds is 4. The number of pyridine rings is 1. The summed E-state index contributed by atoms with van der Waals surface area (Å²) in [6.45, 7) is 2.30. The summed E-state index contributed by atoms with van der Waals surface area (Å²) in [5.74, 6) is 0.483. The average Bonchev–Trinajstić information content (AvgIpc) is 3.18. The topological polar surface area (TPSA) is 86.5 Å². The lowest BCUT2D eigenvalue weighted by atomic mass is 9.86. The number of aliphatic hydroxyl groups is 1. The summed E-state index contributed by atoms with van der Waals surface area (Å²) in [7, 11) is 1.59. The highest BCUT2D eigenvalue weighted by Gasteiger charge is 2.43. The van der Waals surface area contributed by atoms with Crippen molar-refractivity contribution in [3.05, 3.63) is 59.4 Å². The first kappa shape index (κ1) is 17.9. The van der Waals surface area contributed by atoms with Crippen LogP contribution in [0.15, 0.2) is 42.6 Å². The summed E-state index contributed by atoms with van der Waals surface area (Å²) < 4.78 is 5.17. The number of methoxy groups -OCH3 is 1. The van der Waals surface area contributed by atoms with Gasteiger partial charge in [0.2, 0.25) is 0 Å². The Morgan fingerprint density at radius 3 is 2.65 bits per heavy atom. The zero-order valence-corrected chi connectivity index (χ0v) is 14.8. The number of carbonyl (C=O) groups excluding carboxylic acids is 1. The molecule has 2 atom stereocenters. The van der Waals surface area contributed by atoms with E-state index in [-0.39, 0.29) is 17.6 Å². The van der Waals surface area contributed by atoms with Crippen molar-refractivity contribution in [1.29, 1.82) is 5.26 Å². The molecule has 0 radical (unpaired) electrons. The highest BCUT2D eigenvalue weighted by molar-refractivity contribution is 5.92. The summed E-state index contributed by atoms with van der Waals surface area (Å²) in [6.07, 6.45) is 2.92. The predicted octanol–water partition coefficient (Wildman–Crippen LogP) is 2.47. The third-order valence-corrected chi connectivity index (χ3v) is 4.95. The van der Waals surface area contributed by atoms with Crippen LogP contribution in [0.25, 0.3) is 0 Å². The van der Waals surface area contributed by atoms with E-state index < -0.39 is 5.60 Å². The molecule has 1 aromatic carbocycles. The van der Waals surface area contributed by atoms with Crippen LogP contribution in [0.1, 0.15) is 41.4 Å². The molecule has 26 heavy (non-hydrogen) atoms. The Kier molecular flexibility index (Phi) is 4.92. The second-order valence-electron chi connectivity index (χ2n) is 6.58. The van der Waals surface area contributed by atoms with E-state index in [1.807, 2.05) is 18.2 Å². The van der Waals surface area contributed by atoms with Crippen molar-refractivity contribution in [1.82, 2.24) is 9.88 Å². The van der Waals surface area contributed by atoms with Gasteiger partial charge in [-0.15, -0.1) is 0 Å². The number of hydrogen-bond acceptors (Lipinski definition) is 5. The van der Waals surface area contributed by atoms with Gasteiger partial charge in [0.05, 0.1) is 18.7 Å². The monoisotopic (exact) mass is 351 g/mol. The summed E-state index contributed by atoms with van der Waals surface area (Å²) in [5, 5.41) is 20.1. The van der Waals surface area contributed by atoms with Crippen molar-refractivity contribution in [2.24, 2.45) is 0 Å². The Morgan fingerprint density at radius 2 is 2.08 bits per heavy atom. The summed E-state index contributed by atoms with van der Waals surface area (Å²) in [6, 6.07) is 12.0. The van der Waals surface area contributed by atoms with Gasteiger partial charge in [-0.05, 0) is 49.6 Å². The molecule has 3 rings (SSSR count). The minimum absolute atomic E-state index is 0.231. The zero-order chi connectivity index (χ0) is 18.7. The van der Waals surface area contributed by atoms with E-state index >= 15 is 0 Å². The smallest absolute Gasteiger partial charge is 0.272 e. The number of hydrogen-bond donors (Lipinski definition) is 1. The normalized spacial score (nSPS) is 18.8. The quantitative estimate of drug-likeness (QED) is 0.914. The van der Waals surface area contributed by atoms with Crippen LogP contribution in [0.3, 0.4) is 0 Å². The second kappa shape index (κ2) is 7.14. The van der Waals surface area contributed by atoms with Crippen LogP contribution in [-0.2, 0) is 5.60 Å². The minimum Gasteiger partial charge on any atom is -0.497 e. The molecule has 2 aromatic rings. The number of benzene rings is 1. The second-order valence-corrected chi connectivity index (χ2v) is 6.58. The van der Waals surface area contributed by atoms with Crippen LogP contribution in [0, 0.1) is 11.3 Å². The number of likely N-dealkylation sites (tertiary alicyclic amines) is 1. The molecule has 1 aromatic heterocycles. The van der Waals surface area contributed by atoms with Crippen LogP contribution in [0.4, 0.5) is 0 Å². The van der Waals surface area contributed by atoms with Gasteiger partial charge in [0.1, 0.15) is 23.1 Å². The first-order valence-corrected chi connectivity index (χ1v) is 8.51. The highest BCUT2D eigenvalue weighted by atomic mass is 16.5. The van der Waals surface area contributed by atoms with Crippen molar-refractivity contribution in [3.8, 4) is 11.8 Å². The molecule has 0 aliphatic carbocycles. The molecular weight excluding hydrogens is 330 g/mol. The van der Waals surface area contributed by atoms with Gasteiger partial charge in [0.25, 0.3) is 5.91 Å². The lowest BCUT2D eigenvalue weighted by Crippen LogP contribution is -2.48. The Labute approximate surface area is 152 Å². The molecule has 1 saturated heterocycles. The van der Waals surface area contributed by atoms with E-state index in [4.69, 9.17) is 10.00 Å². The lowest BCUT2D eigenvalue weighted by Gasteiger charge is -2.37. The van der Waals surface area contributed by atoms with E-state index in [0.29, 0.717) is 24.3 Å². The maximum atomic E-state index is 12.9. The van der Waals surface area contributed by atoms with Crippen molar-refractivity contribution >= 4 is 5.91 Å². The van der Waals surface area contributed by atoms with Crippen molar-refractivity contribution < 1.29 is 14.6 Å². The molecule has 0 bridgehead atoms. The van der Waals surface area contributed by atoms with Gasteiger partial charge in [-0.3, -0.25) is 4.79 Å². The van der Waals surface area contributed by atoms with Gasteiger partial charge in [-0.2, -0.15) is 5.26 Å². The average molecular weight is 351 g/mol. The molecule has 1 fully saturated rings. The molecular formula is C20H21N3O3. The fourth-order valence-electron chi connectivity index (χ4n) is 3.45. The van der Waals surface area contributed by atoms with Crippen LogP contribution in [-0.4, -0.2) is 40.6 Å². The Balaban J connectivity index is 1.85. The van der Waals surface area contributed by atoms with Crippen molar-refractivity contribution in [2.45, 2.75) is 31.4 Å². The van der Waals surface area contributed by atoms with Crippen molar-refractivity contribution in [2.75, 3.05) is 13.7 Å². The van der Waals surface area contributed by atoms with Gasteiger partial charge in [0, 0.05) is 12.7 Å². The van der Waals surface area contributed by atoms with Crippen LogP contribution in [0.2, 0.25) is 0 Å². The number of nitrogens with zero attached hydrogens (tertiary/aromatic N) is 3. The molecule has 1 aliphatic rings. The molecule has 6 heteroatoms. The fraction of sp³-hybridized carbons (Fsp3) is 0.350. The zero-order valence-electron chi connectivity index (χ0n) is 14.8. The number of amides is 1. The SMILES string of the molecule is COc1ccc(C(C)(O)C2CCCN2C(=O)c2ccc(C#N)cn2)cc1. The third kappa shape index (κ3) is 3.26. The molecule has 6 nitrogen and oxygen atoms in total. The molecule has 0 saturated carbocycles. The van der Waals surface area contributed by atoms with Gasteiger partial charge >= 0.3 is 0 Å². The van der Waals surface area contributed by atoms with E-state index in [0.717, 1.165) is 12.0 Å². The van der Waals surface area contributed by atoms with E-state index in [1.165, 1.54) is 6.20 Å². The van der Waals surface area contributed by atoms with Gasteiger partial charge in [-0.1, -0.05) is 12.1 Å². The number of carbonyl (C=O) groups is 1. The lowest BCUT2D eigenvalue weighted by molar-refractivity contribution is -0.0179. The molecule has 134 valence electrons. The summed E-state index contributed by atoms with van der Waals surface area (Å²) >= 11 is 0.